The Hall–Kier alpha value is -2.34. The van der Waals surface area contributed by atoms with Gasteiger partial charge >= 0.3 is 0 Å². The third-order valence-electron chi connectivity index (χ3n) is 3.52. The second-order valence-electron chi connectivity index (χ2n) is 5.24. The predicted molar refractivity (Wildman–Crippen MR) is 93.6 cm³/mol. The maximum Gasteiger partial charge on any atom is 0.191 e. The molecular formula is C18H18FN3OS. The van der Waals surface area contributed by atoms with E-state index in [4.69, 9.17) is 4.74 Å². The van der Waals surface area contributed by atoms with Crippen LogP contribution in [0.1, 0.15) is 12.5 Å². The molecule has 0 saturated heterocycles. The minimum Gasteiger partial charge on any atom is -0.494 e. The van der Waals surface area contributed by atoms with Gasteiger partial charge in [0.2, 0.25) is 0 Å². The molecule has 0 fully saturated rings. The van der Waals surface area contributed by atoms with Gasteiger partial charge in [0.25, 0.3) is 0 Å². The van der Waals surface area contributed by atoms with E-state index in [0.717, 1.165) is 27.9 Å². The van der Waals surface area contributed by atoms with Gasteiger partial charge in [-0.2, -0.15) is 0 Å². The van der Waals surface area contributed by atoms with Crippen LogP contribution >= 0.6 is 11.8 Å². The number of hydrogen-bond acceptors (Lipinski definition) is 4. The minimum atomic E-state index is -0.221. The Bertz CT molecular complexity index is 817. The number of hydrogen-bond donors (Lipinski definition) is 0. The summed E-state index contributed by atoms with van der Waals surface area (Å²) < 4.78 is 20.6. The Kier molecular flexibility index (Phi) is 5.15. The Morgan fingerprint density at radius 3 is 2.62 bits per heavy atom. The summed E-state index contributed by atoms with van der Waals surface area (Å²) in [7, 11) is 1.93. The third kappa shape index (κ3) is 3.76. The van der Waals surface area contributed by atoms with E-state index in [2.05, 4.69) is 10.2 Å². The molecule has 2 aromatic carbocycles. The highest BCUT2D eigenvalue weighted by Crippen LogP contribution is 2.26. The number of rotatable bonds is 6. The smallest absolute Gasteiger partial charge is 0.191 e. The van der Waals surface area contributed by atoms with Gasteiger partial charge in [-0.25, -0.2) is 4.39 Å². The molecule has 0 radical (unpaired) electrons. The molecule has 3 rings (SSSR count). The molecule has 0 saturated carbocycles. The number of halogens is 1. The number of benzene rings is 2. The zero-order chi connectivity index (χ0) is 16.9. The van der Waals surface area contributed by atoms with Gasteiger partial charge < -0.3 is 9.30 Å². The maximum absolute atomic E-state index is 13.2. The lowest BCUT2D eigenvalue weighted by Gasteiger charge is -2.06. The molecule has 0 unspecified atom stereocenters. The van der Waals surface area contributed by atoms with Crippen molar-refractivity contribution in [3.05, 3.63) is 59.9 Å². The molecule has 0 aliphatic heterocycles. The molecule has 4 nitrogen and oxygen atoms in total. The molecule has 0 aliphatic rings. The van der Waals surface area contributed by atoms with E-state index in [-0.39, 0.29) is 5.82 Å². The normalized spacial score (nSPS) is 10.8. The molecular weight excluding hydrogens is 325 g/mol. The Morgan fingerprint density at radius 1 is 1.12 bits per heavy atom. The summed E-state index contributed by atoms with van der Waals surface area (Å²) in [6.07, 6.45) is 0. The number of thioether (sulfide) groups is 1. The summed E-state index contributed by atoms with van der Waals surface area (Å²) in [5.41, 5.74) is 1.90. The monoisotopic (exact) mass is 343 g/mol. The molecule has 0 amide bonds. The van der Waals surface area contributed by atoms with Crippen LogP contribution < -0.4 is 4.74 Å². The Balaban J connectivity index is 1.73. The van der Waals surface area contributed by atoms with Crippen molar-refractivity contribution in [2.45, 2.75) is 17.8 Å². The van der Waals surface area contributed by atoms with Crippen molar-refractivity contribution >= 4 is 11.8 Å². The Morgan fingerprint density at radius 2 is 1.92 bits per heavy atom. The summed E-state index contributed by atoms with van der Waals surface area (Å²) in [4.78, 5) is 0. The van der Waals surface area contributed by atoms with Gasteiger partial charge in [0.15, 0.2) is 11.0 Å². The topological polar surface area (TPSA) is 39.9 Å². The van der Waals surface area contributed by atoms with Gasteiger partial charge in [-0.1, -0.05) is 23.9 Å². The van der Waals surface area contributed by atoms with E-state index in [0.29, 0.717) is 12.4 Å². The zero-order valence-electron chi connectivity index (χ0n) is 13.6. The van der Waals surface area contributed by atoms with Crippen molar-refractivity contribution in [2.24, 2.45) is 7.05 Å². The molecule has 3 aromatic rings. The van der Waals surface area contributed by atoms with Gasteiger partial charge in [0, 0.05) is 18.4 Å². The highest BCUT2D eigenvalue weighted by molar-refractivity contribution is 7.98. The first-order valence-electron chi connectivity index (χ1n) is 7.67. The predicted octanol–water partition coefficient (Wildman–Crippen LogP) is 4.31. The van der Waals surface area contributed by atoms with Gasteiger partial charge in [-0.15, -0.1) is 10.2 Å². The molecule has 124 valence electrons. The molecule has 0 N–H and O–H groups in total. The fourth-order valence-electron chi connectivity index (χ4n) is 2.33. The van der Waals surface area contributed by atoms with E-state index in [1.807, 2.05) is 48.9 Å². The molecule has 1 aromatic heterocycles. The van der Waals surface area contributed by atoms with Crippen LogP contribution in [-0.4, -0.2) is 21.4 Å². The second-order valence-corrected chi connectivity index (χ2v) is 6.18. The van der Waals surface area contributed by atoms with E-state index in [1.165, 1.54) is 23.9 Å². The summed E-state index contributed by atoms with van der Waals surface area (Å²) in [6.45, 7) is 2.60. The van der Waals surface area contributed by atoms with Crippen LogP contribution in [0.15, 0.2) is 53.7 Å². The summed E-state index contributed by atoms with van der Waals surface area (Å²) >= 11 is 1.53. The van der Waals surface area contributed by atoms with E-state index in [9.17, 15) is 4.39 Å². The number of ether oxygens (including phenoxy) is 1. The zero-order valence-corrected chi connectivity index (χ0v) is 14.4. The molecule has 0 aliphatic carbocycles. The van der Waals surface area contributed by atoms with E-state index in [1.54, 1.807) is 6.07 Å². The van der Waals surface area contributed by atoms with Gasteiger partial charge in [0.05, 0.1) is 6.61 Å². The minimum absolute atomic E-state index is 0.221. The highest BCUT2D eigenvalue weighted by Gasteiger charge is 2.11. The summed E-state index contributed by atoms with van der Waals surface area (Å²) in [6, 6.07) is 14.4. The van der Waals surface area contributed by atoms with Crippen LogP contribution in [-0.2, 0) is 12.8 Å². The van der Waals surface area contributed by atoms with Crippen LogP contribution in [0.25, 0.3) is 11.4 Å². The van der Waals surface area contributed by atoms with Crippen LogP contribution in [0.5, 0.6) is 5.75 Å². The largest absolute Gasteiger partial charge is 0.494 e. The molecule has 1 heterocycles. The first kappa shape index (κ1) is 16.5. The van der Waals surface area contributed by atoms with Crippen molar-refractivity contribution in [2.75, 3.05) is 6.61 Å². The van der Waals surface area contributed by atoms with Crippen LogP contribution in [0.2, 0.25) is 0 Å². The molecule has 0 atom stereocenters. The van der Waals surface area contributed by atoms with Gasteiger partial charge in [-0.3, -0.25) is 0 Å². The van der Waals surface area contributed by atoms with Gasteiger partial charge in [-0.05, 0) is 48.9 Å². The van der Waals surface area contributed by atoms with E-state index >= 15 is 0 Å². The SMILES string of the molecule is CCOc1ccc(-c2nnc(SCc3cccc(F)c3)n2C)cc1. The lowest BCUT2D eigenvalue weighted by Crippen LogP contribution is -1.96. The molecule has 0 spiro atoms. The summed E-state index contributed by atoms with van der Waals surface area (Å²) in [5.74, 6) is 2.05. The van der Waals surface area contributed by atoms with Crippen LogP contribution in [0, 0.1) is 5.82 Å². The Labute approximate surface area is 144 Å². The van der Waals surface area contributed by atoms with Crippen molar-refractivity contribution in [3.8, 4) is 17.1 Å². The van der Waals surface area contributed by atoms with Crippen LogP contribution in [0.4, 0.5) is 4.39 Å². The van der Waals surface area contributed by atoms with Crippen LogP contribution in [0.3, 0.4) is 0 Å². The average Bonchev–Trinajstić information content (AvgIpc) is 2.95. The van der Waals surface area contributed by atoms with Crippen molar-refractivity contribution in [1.29, 1.82) is 0 Å². The lowest BCUT2D eigenvalue weighted by atomic mass is 10.2. The fourth-order valence-corrected chi connectivity index (χ4v) is 3.19. The molecule has 24 heavy (non-hydrogen) atoms. The quantitative estimate of drug-likeness (QED) is 0.625. The third-order valence-corrected chi connectivity index (χ3v) is 4.61. The van der Waals surface area contributed by atoms with Crippen molar-refractivity contribution in [3.63, 3.8) is 0 Å². The first-order chi connectivity index (χ1) is 11.7. The first-order valence-corrected chi connectivity index (χ1v) is 8.66. The fraction of sp³-hybridized carbons (Fsp3) is 0.222. The highest BCUT2D eigenvalue weighted by atomic mass is 32.2. The maximum atomic E-state index is 13.2. The van der Waals surface area contributed by atoms with Crippen molar-refractivity contribution < 1.29 is 9.13 Å². The van der Waals surface area contributed by atoms with Crippen molar-refractivity contribution in [1.82, 2.24) is 14.8 Å². The molecule has 6 heteroatoms. The average molecular weight is 343 g/mol. The van der Waals surface area contributed by atoms with Gasteiger partial charge in [0.1, 0.15) is 11.6 Å². The van der Waals surface area contributed by atoms with E-state index < -0.39 is 0 Å². The summed E-state index contributed by atoms with van der Waals surface area (Å²) in [5, 5.41) is 9.30. The number of nitrogens with zero attached hydrogens (tertiary/aromatic N) is 3. The lowest BCUT2D eigenvalue weighted by molar-refractivity contribution is 0.340. The molecule has 0 bridgehead atoms. The number of aromatic nitrogens is 3. The standard InChI is InChI=1S/C18H18FN3OS/c1-3-23-16-9-7-14(8-10-16)17-20-21-18(22(17)2)24-12-13-5-4-6-15(19)11-13/h4-11H,3,12H2,1-2H3. The second kappa shape index (κ2) is 7.49.